The molecule has 0 amide bonds. The minimum absolute atomic E-state index is 0.598. The molecule has 0 aliphatic heterocycles. The maximum Gasteiger partial charge on any atom is 0.164 e. The van der Waals surface area contributed by atoms with Crippen LogP contribution in [0.2, 0.25) is 0 Å². The molecule has 0 fully saturated rings. The number of furan rings is 1. The van der Waals surface area contributed by atoms with Crippen LogP contribution in [0.5, 0.6) is 0 Å². The van der Waals surface area contributed by atoms with E-state index in [0.29, 0.717) is 17.5 Å². The van der Waals surface area contributed by atoms with Gasteiger partial charge in [0.2, 0.25) is 0 Å². The van der Waals surface area contributed by atoms with Crippen molar-refractivity contribution in [3.63, 3.8) is 0 Å². The summed E-state index contributed by atoms with van der Waals surface area (Å²) in [4.78, 5) is 15.1. The molecular weight excluding hydrogens is 697 g/mol. The van der Waals surface area contributed by atoms with Crippen molar-refractivity contribution >= 4 is 43.7 Å². The second-order valence-corrected chi connectivity index (χ2v) is 14.5. The molecule has 0 spiro atoms. The number of para-hydroxylation sites is 1. The van der Waals surface area contributed by atoms with Crippen molar-refractivity contribution in [3.8, 4) is 62.1 Å². The average molecular weight is 731 g/mol. The van der Waals surface area contributed by atoms with E-state index < -0.39 is 0 Å². The largest absolute Gasteiger partial charge is 0.456 e. The lowest BCUT2D eigenvalue weighted by molar-refractivity contribution is 0.669. The zero-order valence-corrected chi connectivity index (χ0v) is 31.1. The molecule has 3 aromatic heterocycles. The molecule has 0 N–H and O–H groups in total. The van der Waals surface area contributed by atoms with Gasteiger partial charge >= 0.3 is 0 Å². The second-order valence-electron chi connectivity index (χ2n) is 14.5. The van der Waals surface area contributed by atoms with Gasteiger partial charge in [-0.05, 0) is 83.8 Å². The first kappa shape index (κ1) is 32.8. The zero-order chi connectivity index (χ0) is 37.9. The van der Waals surface area contributed by atoms with E-state index >= 15 is 0 Å². The molecule has 5 heteroatoms. The minimum Gasteiger partial charge on any atom is -0.456 e. The molecule has 57 heavy (non-hydrogen) atoms. The van der Waals surface area contributed by atoms with Gasteiger partial charge in [0.25, 0.3) is 0 Å². The molecule has 0 saturated heterocycles. The topological polar surface area (TPSA) is 56.7 Å². The summed E-state index contributed by atoms with van der Waals surface area (Å²) in [5.41, 5.74) is 13.7. The van der Waals surface area contributed by atoms with Crippen LogP contribution < -0.4 is 0 Å². The van der Waals surface area contributed by atoms with Gasteiger partial charge in [0, 0.05) is 43.9 Å². The standard InChI is InChI=1S/C52H34N4O/c1-33-13-11-18-36(29-33)37-23-26-45-42(30-37)43-31-38(24-27-46(43)56(45)40-19-9-4-10-20-40)39-25-28-47-44(32-39)49-41(21-12-22-48(49)57-47)52-54-50(34-14-5-2-6-15-34)53-51(55-52)35-16-7-3-8-17-35/h2-32H,1H3. The Kier molecular flexibility index (Phi) is 7.64. The Morgan fingerprint density at radius 2 is 0.895 bits per heavy atom. The van der Waals surface area contributed by atoms with Crippen LogP contribution in [0.4, 0.5) is 0 Å². The molecule has 11 rings (SSSR count). The van der Waals surface area contributed by atoms with Gasteiger partial charge in [0.1, 0.15) is 11.2 Å². The Morgan fingerprint density at radius 1 is 0.386 bits per heavy atom. The lowest BCUT2D eigenvalue weighted by atomic mass is 9.98. The maximum atomic E-state index is 6.50. The molecule has 0 aliphatic rings. The van der Waals surface area contributed by atoms with Crippen molar-refractivity contribution in [1.82, 2.24) is 19.5 Å². The molecule has 268 valence electrons. The van der Waals surface area contributed by atoms with Gasteiger partial charge in [-0.2, -0.15) is 0 Å². The summed E-state index contributed by atoms with van der Waals surface area (Å²) in [5.74, 6) is 1.85. The highest BCUT2D eigenvalue weighted by molar-refractivity contribution is 6.14. The second kappa shape index (κ2) is 13.3. The third-order valence-corrected chi connectivity index (χ3v) is 10.9. The highest BCUT2D eigenvalue weighted by atomic mass is 16.3. The van der Waals surface area contributed by atoms with E-state index in [-0.39, 0.29) is 0 Å². The molecule has 0 radical (unpaired) electrons. The number of hydrogen-bond donors (Lipinski definition) is 0. The van der Waals surface area contributed by atoms with Crippen molar-refractivity contribution in [2.24, 2.45) is 0 Å². The van der Waals surface area contributed by atoms with E-state index in [1.807, 2.05) is 72.8 Å². The van der Waals surface area contributed by atoms with Crippen LogP contribution in [0.3, 0.4) is 0 Å². The summed E-state index contributed by atoms with van der Waals surface area (Å²) >= 11 is 0. The van der Waals surface area contributed by atoms with Gasteiger partial charge in [0.05, 0.1) is 11.0 Å². The summed E-state index contributed by atoms with van der Waals surface area (Å²) in [6.07, 6.45) is 0. The lowest BCUT2D eigenvalue weighted by Crippen LogP contribution is -2.00. The first-order valence-electron chi connectivity index (χ1n) is 19.2. The minimum atomic E-state index is 0.598. The predicted molar refractivity (Wildman–Crippen MR) is 233 cm³/mol. The third-order valence-electron chi connectivity index (χ3n) is 10.9. The molecule has 0 saturated carbocycles. The lowest BCUT2D eigenvalue weighted by Gasteiger charge is -2.09. The number of nitrogens with zero attached hydrogens (tertiary/aromatic N) is 4. The van der Waals surface area contributed by atoms with Crippen LogP contribution in [0, 0.1) is 6.92 Å². The molecule has 3 heterocycles. The Morgan fingerprint density at radius 3 is 1.51 bits per heavy atom. The summed E-state index contributed by atoms with van der Waals surface area (Å²) in [5, 5.41) is 4.40. The zero-order valence-electron chi connectivity index (χ0n) is 31.1. The first-order chi connectivity index (χ1) is 28.1. The van der Waals surface area contributed by atoms with E-state index in [4.69, 9.17) is 19.4 Å². The number of hydrogen-bond acceptors (Lipinski definition) is 4. The maximum absolute atomic E-state index is 6.50. The number of aromatic nitrogens is 4. The normalized spacial score (nSPS) is 11.6. The van der Waals surface area contributed by atoms with Crippen LogP contribution in [0.15, 0.2) is 192 Å². The molecular formula is C52H34N4O. The van der Waals surface area contributed by atoms with Gasteiger partial charge in [-0.25, -0.2) is 15.0 Å². The van der Waals surface area contributed by atoms with E-state index in [2.05, 4.69) is 127 Å². The molecule has 0 atom stereocenters. The molecule has 0 unspecified atom stereocenters. The average Bonchev–Trinajstić information content (AvgIpc) is 3.82. The molecule has 8 aromatic carbocycles. The van der Waals surface area contributed by atoms with Crippen molar-refractivity contribution in [2.45, 2.75) is 6.92 Å². The van der Waals surface area contributed by atoms with E-state index in [1.54, 1.807) is 0 Å². The van der Waals surface area contributed by atoms with E-state index in [1.165, 1.54) is 33.0 Å². The fourth-order valence-electron chi connectivity index (χ4n) is 8.18. The van der Waals surface area contributed by atoms with Crippen LogP contribution in [0.1, 0.15) is 5.56 Å². The smallest absolute Gasteiger partial charge is 0.164 e. The van der Waals surface area contributed by atoms with Gasteiger partial charge < -0.3 is 8.98 Å². The summed E-state index contributed by atoms with van der Waals surface area (Å²) in [6.45, 7) is 2.15. The molecule has 0 bridgehead atoms. The Bertz CT molecular complexity index is 3240. The monoisotopic (exact) mass is 730 g/mol. The van der Waals surface area contributed by atoms with Crippen LogP contribution in [0.25, 0.3) is 106 Å². The molecule has 5 nitrogen and oxygen atoms in total. The Hall–Kier alpha value is -7.63. The van der Waals surface area contributed by atoms with Gasteiger partial charge in [-0.3, -0.25) is 0 Å². The Balaban J connectivity index is 1.10. The van der Waals surface area contributed by atoms with Crippen molar-refractivity contribution in [1.29, 1.82) is 0 Å². The van der Waals surface area contributed by atoms with Gasteiger partial charge in [0.15, 0.2) is 17.5 Å². The fourth-order valence-corrected chi connectivity index (χ4v) is 8.18. The van der Waals surface area contributed by atoms with Gasteiger partial charge in [-0.1, -0.05) is 139 Å². The number of fused-ring (bicyclic) bond motifs is 6. The van der Waals surface area contributed by atoms with E-state index in [0.717, 1.165) is 61.0 Å². The number of benzene rings is 8. The fraction of sp³-hybridized carbons (Fsp3) is 0.0192. The third kappa shape index (κ3) is 5.68. The predicted octanol–water partition coefficient (Wildman–Crippen LogP) is 13.5. The van der Waals surface area contributed by atoms with Crippen molar-refractivity contribution in [3.05, 3.63) is 194 Å². The van der Waals surface area contributed by atoms with Gasteiger partial charge in [-0.15, -0.1) is 0 Å². The highest BCUT2D eigenvalue weighted by Crippen LogP contribution is 2.41. The van der Waals surface area contributed by atoms with Crippen molar-refractivity contribution in [2.75, 3.05) is 0 Å². The Labute approximate surface area is 329 Å². The van der Waals surface area contributed by atoms with Crippen LogP contribution >= 0.6 is 0 Å². The SMILES string of the molecule is Cc1cccc(-c2ccc3c(c2)c2cc(-c4ccc5oc6cccc(-c7nc(-c8ccccc8)nc(-c8ccccc8)n7)c6c5c4)ccc2n3-c2ccccc2)c1. The molecule has 0 aliphatic carbocycles. The summed E-state index contributed by atoms with van der Waals surface area (Å²) in [6, 6.07) is 65.8. The quantitative estimate of drug-likeness (QED) is 0.171. The molecule has 11 aromatic rings. The highest BCUT2D eigenvalue weighted by Gasteiger charge is 2.19. The van der Waals surface area contributed by atoms with Crippen LogP contribution in [-0.2, 0) is 0 Å². The first-order valence-corrected chi connectivity index (χ1v) is 19.2. The van der Waals surface area contributed by atoms with Crippen molar-refractivity contribution < 1.29 is 4.42 Å². The van der Waals surface area contributed by atoms with Crippen LogP contribution in [-0.4, -0.2) is 19.5 Å². The van der Waals surface area contributed by atoms with E-state index in [9.17, 15) is 0 Å². The summed E-state index contributed by atoms with van der Waals surface area (Å²) < 4.78 is 8.88. The number of rotatable bonds is 6. The number of aryl methyl sites for hydroxylation is 1. The summed E-state index contributed by atoms with van der Waals surface area (Å²) in [7, 11) is 0.